The number of nitrogens with zero attached hydrogens (tertiary/aromatic N) is 3. The lowest BCUT2D eigenvalue weighted by Crippen LogP contribution is -2.23. The molecule has 3 aromatic rings. The molecule has 8 heteroatoms. The van der Waals surface area contributed by atoms with E-state index >= 15 is 0 Å². The number of aromatic nitrogens is 3. The zero-order chi connectivity index (χ0) is 18.0. The van der Waals surface area contributed by atoms with Gasteiger partial charge in [-0.15, -0.1) is 0 Å². The van der Waals surface area contributed by atoms with Crippen LogP contribution in [0.1, 0.15) is 28.5 Å². The number of aromatic carboxylic acids is 1. The molecule has 0 saturated carbocycles. The van der Waals surface area contributed by atoms with Gasteiger partial charge in [-0.25, -0.2) is 4.79 Å². The van der Waals surface area contributed by atoms with Crippen molar-refractivity contribution in [1.82, 2.24) is 14.8 Å². The molecule has 3 rings (SSSR count). The molecule has 0 aliphatic heterocycles. The van der Waals surface area contributed by atoms with Crippen LogP contribution in [0, 0.1) is 12.3 Å². The van der Waals surface area contributed by atoms with Crippen LogP contribution in [0.3, 0.4) is 0 Å². The Morgan fingerprint density at radius 1 is 1.32 bits per heavy atom. The van der Waals surface area contributed by atoms with Gasteiger partial charge in [0.25, 0.3) is 0 Å². The average Bonchev–Trinajstić information content (AvgIpc) is 2.93. The van der Waals surface area contributed by atoms with Crippen molar-refractivity contribution in [3.05, 3.63) is 58.0 Å². The average molecular weight is 356 g/mol. The Kier molecular flexibility index (Phi) is 4.62. The fourth-order valence-electron chi connectivity index (χ4n) is 2.32. The highest BCUT2D eigenvalue weighted by Gasteiger charge is 2.12. The Bertz CT molecular complexity index is 963. The molecule has 0 amide bonds. The van der Waals surface area contributed by atoms with E-state index in [0.29, 0.717) is 16.2 Å². The summed E-state index contributed by atoms with van der Waals surface area (Å²) in [6.07, 6.45) is 1.20. The van der Waals surface area contributed by atoms with Gasteiger partial charge in [-0.05, 0) is 32.0 Å². The SMILES string of the molecule is Cc1nn(C(C)Oc2ccnc(-c3ccc(C(=O)O)cc3)c2)c(=N)s1. The predicted molar refractivity (Wildman–Crippen MR) is 92.7 cm³/mol. The Labute approximate surface area is 147 Å². The smallest absolute Gasteiger partial charge is 0.335 e. The van der Waals surface area contributed by atoms with Crippen molar-refractivity contribution in [3.8, 4) is 17.0 Å². The Balaban J connectivity index is 1.82. The quantitative estimate of drug-likeness (QED) is 0.731. The van der Waals surface area contributed by atoms with Gasteiger partial charge in [0.15, 0.2) is 6.23 Å². The van der Waals surface area contributed by atoms with E-state index in [9.17, 15) is 4.79 Å². The molecule has 0 radical (unpaired) electrons. The lowest BCUT2D eigenvalue weighted by molar-refractivity contribution is 0.0697. The van der Waals surface area contributed by atoms with Crippen molar-refractivity contribution >= 4 is 17.3 Å². The van der Waals surface area contributed by atoms with Gasteiger partial charge in [0.1, 0.15) is 10.8 Å². The lowest BCUT2D eigenvalue weighted by Gasteiger charge is -2.15. The van der Waals surface area contributed by atoms with Gasteiger partial charge in [0.2, 0.25) is 4.80 Å². The molecule has 25 heavy (non-hydrogen) atoms. The van der Waals surface area contributed by atoms with E-state index in [1.54, 1.807) is 30.5 Å². The van der Waals surface area contributed by atoms with Crippen LogP contribution in [0.25, 0.3) is 11.3 Å². The molecule has 2 N–H and O–H groups in total. The number of benzene rings is 1. The number of nitrogens with one attached hydrogen (secondary N) is 1. The number of carbonyl (C=O) groups is 1. The molecule has 7 nitrogen and oxygen atoms in total. The first-order valence-corrected chi connectivity index (χ1v) is 8.33. The van der Waals surface area contributed by atoms with Crippen molar-refractivity contribution in [2.24, 2.45) is 0 Å². The summed E-state index contributed by atoms with van der Waals surface area (Å²) >= 11 is 1.29. The minimum absolute atomic E-state index is 0.225. The standard InChI is InChI=1S/C17H16N4O3S/c1-10-20-21(17(18)25-10)11(2)24-14-7-8-19-15(9-14)12-3-5-13(6-4-12)16(22)23/h3-9,11,18H,1-2H3,(H,22,23). The lowest BCUT2D eigenvalue weighted by atomic mass is 10.1. The van der Waals surface area contributed by atoms with Crippen molar-refractivity contribution in [1.29, 1.82) is 5.41 Å². The van der Waals surface area contributed by atoms with E-state index < -0.39 is 12.2 Å². The maximum absolute atomic E-state index is 10.9. The second-order valence-electron chi connectivity index (χ2n) is 5.35. The first-order valence-electron chi connectivity index (χ1n) is 7.51. The Hall–Kier alpha value is -3.00. The predicted octanol–water partition coefficient (Wildman–Crippen LogP) is 3.09. The van der Waals surface area contributed by atoms with Crippen LogP contribution in [-0.4, -0.2) is 25.8 Å². The third-order valence-electron chi connectivity index (χ3n) is 3.51. The Morgan fingerprint density at radius 3 is 2.64 bits per heavy atom. The van der Waals surface area contributed by atoms with E-state index in [4.69, 9.17) is 15.3 Å². The largest absolute Gasteiger partial charge is 0.478 e. The molecular formula is C17H16N4O3S. The number of ether oxygens (including phenoxy) is 1. The van der Waals surface area contributed by atoms with Gasteiger partial charge in [-0.2, -0.15) is 9.78 Å². The molecule has 0 aliphatic carbocycles. The molecule has 0 saturated heterocycles. The topological polar surface area (TPSA) is 101 Å². The molecule has 0 aliphatic rings. The van der Waals surface area contributed by atoms with Gasteiger partial charge in [0, 0.05) is 17.8 Å². The summed E-state index contributed by atoms with van der Waals surface area (Å²) in [4.78, 5) is 15.6. The third-order valence-corrected chi connectivity index (χ3v) is 4.27. The first-order chi connectivity index (χ1) is 11.9. The van der Waals surface area contributed by atoms with E-state index in [1.807, 2.05) is 13.8 Å². The van der Waals surface area contributed by atoms with E-state index in [2.05, 4.69) is 10.1 Å². The van der Waals surface area contributed by atoms with Crippen LogP contribution in [0.2, 0.25) is 0 Å². The van der Waals surface area contributed by atoms with Gasteiger partial charge in [-0.3, -0.25) is 10.4 Å². The highest BCUT2D eigenvalue weighted by Crippen LogP contribution is 2.24. The number of aryl methyl sites for hydroxylation is 1. The van der Waals surface area contributed by atoms with Crippen LogP contribution >= 0.6 is 11.3 Å². The molecule has 128 valence electrons. The molecule has 0 bridgehead atoms. The molecule has 0 spiro atoms. The fourth-order valence-corrected chi connectivity index (χ4v) is 3.01. The first kappa shape index (κ1) is 16.8. The van der Waals surface area contributed by atoms with Gasteiger partial charge < -0.3 is 9.84 Å². The van der Waals surface area contributed by atoms with E-state index in [0.717, 1.165) is 10.6 Å². The molecular weight excluding hydrogens is 340 g/mol. The minimum atomic E-state index is -0.966. The third kappa shape index (κ3) is 3.74. The van der Waals surface area contributed by atoms with Crippen molar-refractivity contribution in [3.63, 3.8) is 0 Å². The van der Waals surface area contributed by atoms with Crippen molar-refractivity contribution < 1.29 is 14.6 Å². The molecule has 1 unspecified atom stereocenters. The monoisotopic (exact) mass is 356 g/mol. The summed E-state index contributed by atoms with van der Waals surface area (Å²) in [6.45, 7) is 3.66. The number of rotatable bonds is 5. The summed E-state index contributed by atoms with van der Waals surface area (Å²) in [5.41, 5.74) is 1.69. The molecule has 2 aromatic heterocycles. The second kappa shape index (κ2) is 6.86. The highest BCUT2D eigenvalue weighted by atomic mass is 32.1. The molecule has 0 fully saturated rings. The van der Waals surface area contributed by atoms with Gasteiger partial charge in [0.05, 0.1) is 11.3 Å². The van der Waals surface area contributed by atoms with E-state index in [-0.39, 0.29) is 5.56 Å². The number of hydrogen-bond acceptors (Lipinski definition) is 6. The van der Waals surface area contributed by atoms with Gasteiger partial charge in [-0.1, -0.05) is 23.5 Å². The van der Waals surface area contributed by atoms with E-state index in [1.165, 1.54) is 28.2 Å². The Morgan fingerprint density at radius 2 is 2.04 bits per heavy atom. The highest BCUT2D eigenvalue weighted by molar-refractivity contribution is 7.08. The number of pyridine rings is 1. The zero-order valence-corrected chi connectivity index (χ0v) is 14.4. The van der Waals surface area contributed by atoms with Crippen LogP contribution in [0.5, 0.6) is 5.75 Å². The minimum Gasteiger partial charge on any atom is -0.478 e. The van der Waals surface area contributed by atoms with Crippen LogP contribution in [-0.2, 0) is 0 Å². The molecule has 1 aromatic carbocycles. The molecule has 2 heterocycles. The number of carboxylic acids is 1. The van der Waals surface area contributed by atoms with Crippen LogP contribution < -0.4 is 9.54 Å². The summed E-state index contributed by atoms with van der Waals surface area (Å²) in [5, 5.41) is 21.9. The molecule has 1 atom stereocenters. The number of carboxylic acid groups (broad SMARTS) is 1. The van der Waals surface area contributed by atoms with Crippen LogP contribution in [0.15, 0.2) is 42.6 Å². The fraction of sp³-hybridized carbons (Fsp3) is 0.176. The van der Waals surface area contributed by atoms with Crippen molar-refractivity contribution in [2.45, 2.75) is 20.1 Å². The van der Waals surface area contributed by atoms with Crippen molar-refractivity contribution in [2.75, 3.05) is 0 Å². The maximum atomic E-state index is 10.9. The zero-order valence-electron chi connectivity index (χ0n) is 13.6. The van der Waals surface area contributed by atoms with Crippen LogP contribution in [0.4, 0.5) is 0 Å². The number of hydrogen-bond donors (Lipinski definition) is 2. The summed E-state index contributed by atoms with van der Waals surface area (Å²) < 4.78 is 7.39. The normalized spacial score (nSPS) is 11.9. The van der Waals surface area contributed by atoms with Gasteiger partial charge >= 0.3 is 5.97 Å². The maximum Gasteiger partial charge on any atom is 0.335 e. The second-order valence-corrected chi connectivity index (χ2v) is 6.53. The summed E-state index contributed by atoms with van der Waals surface area (Å²) in [5.74, 6) is -0.371. The summed E-state index contributed by atoms with van der Waals surface area (Å²) in [6, 6.07) is 10.00. The summed E-state index contributed by atoms with van der Waals surface area (Å²) in [7, 11) is 0.